The van der Waals surface area contributed by atoms with Gasteiger partial charge in [-0.05, 0) is 12.1 Å². The fraction of sp³-hybridized carbons (Fsp3) is 0.273. The van der Waals surface area contributed by atoms with Gasteiger partial charge in [-0.2, -0.15) is 0 Å². The number of fused-ring (bicyclic) bond motifs is 1. The highest BCUT2D eigenvalue weighted by Crippen LogP contribution is 2.33. The summed E-state index contributed by atoms with van der Waals surface area (Å²) >= 11 is 0. The third-order valence-corrected chi connectivity index (χ3v) is 2.59. The molecule has 0 atom stereocenters. The van der Waals surface area contributed by atoms with E-state index in [-0.39, 0.29) is 11.1 Å². The average molecular weight is 256 g/mol. The summed E-state index contributed by atoms with van der Waals surface area (Å²) in [7, 11) is 0. The van der Waals surface area contributed by atoms with E-state index in [0.29, 0.717) is 5.52 Å². The zero-order valence-corrected chi connectivity index (χ0v) is 9.17. The van der Waals surface area contributed by atoms with E-state index in [9.17, 15) is 18.4 Å². The smallest absolute Gasteiger partial charge is 0.323 e. The van der Waals surface area contributed by atoms with Gasteiger partial charge in [-0.1, -0.05) is 6.07 Å². The standard InChI is InChI=1S/C11H10F2N2O3/c12-11(13,4-3-9(16)17)6-1-2-7-8(5-6)15-10(18)14-7/h1-2,5H,3-4H2,(H,16,17)(H2,14,15,18). The number of halogens is 2. The summed E-state index contributed by atoms with van der Waals surface area (Å²) in [6, 6.07) is 3.68. The molecular formula is C11H10F2N2O3. The minimum Gasteiger partial charge on any atom is -0.481 e. The molecule has 0 radical (unpaired) electrons. The van der Waals surface area contributed by atoms with Crippen LogP contribution in [0.2, 0.25) is 0 Å². The van der Waals surface area contributed by atoms with Crippen molar-refractivity contribution in [3.8, 4) is 0 Å². The lowest BCUT2D eigenvalue weighted by Gasteiger charge is -2.15. The molecule has 3 N–H and O–H groups in total. The number of hydrogen-bond acceptors (Lipinski definition) is 2. The topological polar surface area (TPSA) is 85.9 Å². The summed E-state index contributed by atoms with van der Waals surface area (Å²) in [4.78, 5) is 26.1. The number of rotatable bonds is 4. The molecule has 1 heterocycles. The predicted molar refractivity (Wildman–Crippen MR) is 59.7 cm³/mol. The number of imidazole rings is 1. The molecule has 0 bridgehead atoms. The fourth-order valence-electron chi connectivity index (χ4n) is 1.67. The molecule has 5 nitrogen and oxygen atoms in total. The van der Waals surface area contributed by atoms with Crippen molar-refractivity contribution in [1.29, 1.82) is 0 Å². The van der Waals surface area contributed by atoms with E-state index < -0.39 is 30.4 Å². The first-order chi connectivity index (χ1) is 8.38. The molecule has 7 heteroatoms. The third-order valence-electron chi connectivity index (χ3n) is 2.59. The van der Waals surface area contributed by atoms with Gasteiger partial charge in [-0.25, -0.2) is 13.6 Å². The van der Waals surface area contributed by atoms with Crippen molar-refractivity contribution in [3.63, 3.8) is 0 Å². The Balaban J connectivity index is 2.34. The van der Waals surface area contributed by atoms with Gasteiger partial charge >= 0.3 is 11.7 Å². The summed E-state index contributed by atoms with van der Waals surface area (Å²) in [5, 5.41) is 8.41. The van der Waals surface area contributed by atoms with Gasteiger partial charge in [0.05, 0.1) is 17.5 Å². The van der Waals surface area contributed by atoms with Crippen molar-refractivity contribution in [2.24, 2.45) is 0 Å². The van der Waals surface area contributed by atoms with Crippen LogP contribution >= 0.6 is 0 Å². The SMILES string of the molecule is O=C(O)CCC(F)(F)c1ccc2[nH]c(=O)[nH]c2c1. The van der Waals surface area contributed by atoms with E-state index in [0.717, 1.165) is 6.07 Å². The van der Waals surface area contributed by atoms with Crippen LogP contribution in [0.3, 0.4) is 0 Å². The summed E-state index contributed by atoms with van der Waals surface area (Å²) in [5.41, 5.74) is -0.0900. The number of carboxylic acid groups (broad SMARTS) is 1. The predicted octanol–water partition coefficient (Wildman–Crippen LogP) is 1.81. The van der Waals surface area contributed by atoms with E-state index in [2.05, 4.69) is 9.97 Å². The number of carboxylic acids is 1. The molecule has 96 valence electrons. The Labute approximate surface area is 99.4 Å². The van der Waals surface area contributed by atoms with Crippen LogP contribution in [0.25, 0.3) is 11.0 Å². The summed E-state index contributed by atoms with van der Waals surface area (Å²) < 4.78 is 27.4. The van der Waals surface area contributed by atoms with Gasteiger partial charge in [0.2, 0.25) is 0 Å². The Hall–Kier alpha value is -2.18. The van der Waals surface area contributed by atoms with Gasteiger partial charge in [0.1, 0.15) is 0 Å². The lowest BCUT2D eigenvalue weighted by Crippen LogP contribution is -2.15. The number of benzene rings is 1. The van der Waals surface area contributed by atoms with E-state index in [4.69, 9.17) is 5.11 Å². The molecule has 1 aromatic heterocycles. The maximum Gasteiger partial charge on any atom is 0.323 e. The van der Waals surface area contributed by atoms with Crippen molar-refractivity contribution in [2.75, 3.05) is 0 Å². The van der Waals surface area contributed by atoms with Crippen LogP contribution in [0.4, 0.5) is 8.78 Å². The van der Waals surface area contributed by atoms with E-state index >= 15 is 0 Å². The molecule has 0 aliphatic carbocycles. The largest absolute Gasteiger partial charge is 0.481 e. The zero-order chi connectivity index (χ0) is 13.3. The van der Waals surface area contributed by atoms with E-state index in [1.807, 2.05) is 0 Å². The lowest BCUT2D eigenvalue weighted by molar-refractivity contribution is -0.139. The Morgan fingerprint density at radius 1 is 1.28 bits per heavy atom. The maximum atomic E-state index is 13.7. The first kappa shape index (κ1) is 12.3. The highest BCUT2D eigenvalue weighted by atomic mass is 19.3. The number of aliphatic carboxylic acids is 1. The molecule has 0 spiro atoms. The summed E-state index contributed by atoms with van der Waals surface area (Å²) in [6.07, 6.45) is -1.39. The van der Waals surface area contributed by atoms with Crippen molar-refractivity contribution in [1.82, 2.24) is 9.97 Å². The van der Waals surface area contributed by atoms with Crippen LogP contribution < -0.4 is 5.69 Å². The van der Waals surface area contributed by atoms with Gasteiger partial charge in [0, 0.05) is 12.0 Å². The Kier molecular flexibility index (Phi) is 2.90. The van der Waals surface area contributed by atoms with Gasteiger partial charge in [0.15, 0.2) is 0 Å². The normalized spacial score (nSPS) is 11.9. The molecular weight excluding hydrogens is 246 g/mol. The second-order valence-corrected chi connectivity index (χ2v) is 3.94. The molecule has 0 amide bonds. The summed E-state index contributed by atoms with van der Waals surface area (Å²) in [5.74, 6) is -4.51. The number of hydrogen-bond donors (Lipinski definition) is 3. The molecule has 0 aliphatic rings. The number of alkyl halides is 2. The molecule has 0 unspecified atom stereocenters. The second-order valence-electron chi connectivity index (χ2n) is 3.94. The van der Waals surface area contributed by atoms with Crippen molar-refractivity contribution < 1.29 is 18.7 Å². The highest BCUT2D eigenvalue weighted by molar-refractivity contribution is 5.75. The number of nitrogens with one attached hydrogen (secondary N) is 2. The van der Waals surface area contributed by atoms with Crippen molar-refractivity contribution in [2.45, 2.75) is 18.8 Å². The number of aromatic amines is 2. The lowest BCUT2D eigenvalue weighted by atomic mass is 10.0. The van der Waals surface area contributed by atoms with Gasteiger partial charge < -0.3 is 15.1 Å². The maximum absolute atomic E-state index is 13.7. The van der Waals surface area contributed by atoms with Crippen LogP contribution in [0.5, 0.6) is 0 Å². The molecule has 18 heavy (non-hydrogen) atoms. The Morgan fingerprint density at radius 2 is 1.94 bits per heavy atom. The quantitative estimate of drug-likeness (QED) is 0.779. The van der Waals surface area contributed by atoms with Crippen LogP contribution in [-0.2, 0) is 10.7 Å². The molecule has 2 aromatic rings. The average Bonchev–Trinajstić information content (AvgIpc) is 2.65. The molecule has 2 rings (SSSR count). The van der Waals surface area contributed by atoms with E-state index in [1.165, 1.54) is 12.1 Å². The second kappa shape index (κ2) is 4.25. The Bertz CT molecular complexity index is 645. The minimum atomic E-state index is -3.24. The molecule has 0 aliphatic heterocycles. The van der Waals surface area contributed by atoms with Crippen molar-refractivity contribution >= 4 is 17.0 Å². The first-order valence-electron chi connectivity index (χ1n) is 5.20. The number of H-pyrrole nitrogens is 2. The third kappa shape index (κ3) is 2.39. The zero-order valence-electron chi connectivity index (χ0n) is 9.17. The van der Waals surface area contributed by atoms with Gasteiger partial charge in [0.25, 0.3) is 5.92 Å². The molecule has 0 saturated carbocycles. The van der Waals surface area contributed by atoms with Crippen LogP contribution in [0, 0.1) is 0 Å². The van der Waals surface area contributed by atoms with Crippen molar-refractivity contribution in [3.05, 3.63) is 34.2 Å². The minimum absolute atomic E-state index is 0.271. The number of carbonyl (C=O) groups is 1. The molecule has 1 aromatic carbocycles. The monoisotopic (exact) mass is 256 g/mol. The Morgan fingerprint density at radius 3 is 2.61 bits per heavy atom. The van der Waals surface area contributed by atoms with E-state index in [1.54, 1.807) is 0 Å². The molecule has 0 fully saturated rings. The van der Waals surface area contributed by atoms with Gasteiger partial charge in [-0.15, -0.1) is 0 Å². The van der Waals surface area contributed by atoms with Crippen LogP contribution in [-0.4, -0.2) is 21.0 Å². The highest BCUT2D eigenvalue weighted by Gasteiger charge is 2.32. The first-order valence-corrected chi connectivity index (χ1v) is 5.20. The summed E-state index contributed by atoms with van der Waals surface area (Å²) in [6.45, 7) is 0. The van der Waals surface area contributed by atoms with Gasteiger partial charge in [-0.3, -0.25) is 4.79 Å². The molecule has 0 saturated heterocycles. The van der Waals surface area contributed by atoms with Crippen LogP contribution in [0.15, 0.2) is 23.0 Å². The number of aromatic nitrogens is 2. The fourth-order valence-corrected chi connectivity index (χ4v) is 1.67. The van der Waals surface area contributed by atoms with Crippen LogP contribution in [0.1, 0.15) is 18.4 Å².